The average Bonchev–Trinajstić information content (AvgIpc) is 2.25. The molecule has 0 aliphatic carbocycles. The molecular weight excluding hydrogens is 223 g/mol. The summed E-state index contributed by atoms with van der Waals surface area (Å²) in [7, 11) is 0. The molecule has 0 aliphatic rings. The van der Waals surface area contributed by atoms with Crippen LogP contribution in [0.25, 0.3) is 11.1 Å². The van der Waals surface area contributed by atoms with Gasteiger partial charge in [0.15, 0.2) is 0 Å². The molecule has 0 amide bonds. The summed E-state index contributed by atoms with van der Waals surface area (Å²) < 4.78 is 13.1. The summed E-state index contributed by atoms with van der Waals surface area (Å²) in [5.74, 6) is -0.220. The fourth-order valence-corrected chi connectivity index (χ4v) is 1.89. The third-order valence-corrected chi connectivity index (χ3v) is 3.19. The van der Waals surface area contributed by atoms with Crippen LogP contribution < -0.4 is 0 Å². The van der Waals surface area contributed by atoms with Crippen LogP contribution in [-0.4, -0.2) is 0 Å². The standard InChI is InChI=1S/C14H12ClF/c1-9-6-12(7-10(2)14(9)15)11-4-3-5-13(16)8-11/h3-8H,1-2H3. The summed E-state index contributed by atoms with van der Waals surface area (Å²) >= 11 is 6.09. The summed E-state index contributed by atoms with van der Waals surface area (Å²) in [6.45, 7) is 3.91. The topological polar surface area (TPSA) is 0 Å². The molecule has 0 nitrogen and oxygen atoms in total. The highest BCUT2D eigenvalue weighted by molar-refractivity contribution is 6.32. The molecule has 0 atom stereocenters. The van der Waals surface area contributed by atoms with Crippen molar-refractivity contribution in [3.63, 3.8) is 0 Å². The van der Waals surface area contributed by atoms with E-state index in [1.807, 2.05) is 32.0 Å². The summed E-state index contributed by atoms with van der Waals surface area (Å²) in [5.41, 5.74) is 3.91. The molecule has 16 heavy (non-hydrogen) atoms. The van der Waals surface area contributed by atoms with Crippen molar-refractivity contribution in [1.82, 2.24) is 0 Å². The summed E-state index contributed by atoms with van der Waals surface area (Å²) in [4.78, 5) is 0. The molecule has 0 fully saturated rings. The summed E-state index contributed by atoms with van der Waals surface area (Å²) in [5, 5.41) is 0.778. The number of hydrogen-bond acceptors (Lipinski definition) is 0. The van der Waals surface area contributed by atoms with Crippen LogP contribution in [0.3, 0.4) is 0 Å². The molecule has 0 bridgehead atoms. The SMILES string of the molecule is Cc1cc(-c2cccc(F)c2)cc(C)c1Cl. The Kier molecular flexibility index (Phi) is 2.97. The Morgan fingerprint density at radius 3 is 2.12 bits per heavy atom. The second kappa shape index (κ2) is 4.26. The molecule has 0 saturated heterocycles. The number of benzene rings is 2. The van der Waals surface area contributed by atoms with E-state index in [0.29, 0.717) is 0 Å². The molecule has 82 valence electrons. The van der Waals surface area contributed by atoms with Crippen LogP contribution in [0.15, 0.2) is 36.4 Å². The van der Waals surface area contributed by atoms with Gasteiger partial charge in [0.25, 0.3) is 0 Å². The highest BCUT2D eigenvalue weighted by atomic mass is 35.5. The maximum absolute atomic E-state index is 13.1. The second-order valence-electron chi connectivity index (χ2n) is 3.93. The first-order chi connectivity index (χ1) is 7.58. The first kappa shape index (κ1) is 11.2. The molecule has 2 aromatic carbocycles. The number of hydrogen-bond donors (Lipinski definition) is 0. The molecular formula is C14H12ClF. The minimum absolute atomic E-state index is 0.220. The van der Waals surface area contributed by atoms with Crippen LogP contribution >= 0.6 is 11.6 Å². The van der Waals surface area contributed by atoms with Gasteiger partial charge in [-0.05, 0) is 60.4 Å². The average molecular weight is 235 g/mol. The van der Waals surface area contributed by atoms with Crippen molar-refractivity contribution in [3.05, 3.63) is 58.4 Å². The maximum Gasteiger partial charge on any atom is 0.123 e. The molecule has 2 heteroatoms. The molecule has 2 rings (SSSR count). The molecule has 0 saturated carbocycles. The van der Waals surface area contributed by atoms with E-state index in [9.17, 15) is 4.39 Å². The van der Waals surface area contributed by atoms with Gasteiger partial charge in [0.2, 0.25) is 0 Å². The van der Waals surface area contributed by atoms with Gasteiger partial charge < -0.3 is 0 Å². The van der Waals surface area contributed by atoms with Crippen LogP contribution in [-0.2, 0) is 0 Å². The van der Waals surface area contributed by atoms with Crippen molar-refractivity contribution in [2.24, 2.45) is 0 Å². The minimum atomic E-state index is -0.220. The summed E-state index contributed by atoms with van der Waals surface area (Å²) in [6, 6.07) is 10.5. The smallest absolute Gasteiger partial charge is 0.123 e. The molecule has 0 spiro atoms. The Hall–Kier alpha value is -1.34. The van der Waals surface area contributed by atoms with E-state index in [0.717, 1.165) is 27.3 Å². The van der Waals surface area contributed by atoms with Crippen molar-refractivity contribution < 1.29 is 4.39 Å². The van der Waals surface area contributed by atoms with Gasteiger partial charge in [-0.2, -0.15) is 0 Å². The van der Waals surface area contributed by atoms with Crippen LogP contribution in [0.5, 0.6) is 0 Å². The first-order valence-electron chi connectivity index (χ1n) is 5.10. The molecule has 0 radical (unpaired) electrons. The van der Waals surface area contributed by atoms with E-state index in [1.54, 1.807) is 6.07 Å². The third kappa shape index (κ3) is 2.10. The maximum atomic E-state index is 13.1. The molecule has 2 aromatic rings. The second-order valence-corrected chi connectivity index (χ2v) is 4.31. The van der Waals surface area contributed by atoms with E-state index >= 15 is 0 Å². The van der Waals surface area contributed by atoms with Gasteiger partial charge in [-0.3, -0.25) is 0 Å². The Morgan fingerprint density at radius 2 is 1.56 bits per heavy atom. The van der Waals surface area contributed by atoms with Crippen LogP contribution in [0.4, 0.5) is 4.39 Å². The van der Waals surface area contributed by atoms with Gasteiger partial charge in [0.1, 0.15) is 5.82 Å². The largest absolute Gasteiger partial charge is 0.207 e. The van der Waals surface area contributed by atoms with Crippen LogP contribution in [0, 0.1) is 19.7 Å². The van der Waals surface area contributed by atoms with Gasteiger partial charge in [0.05, 0.1) is 0 Å². The lowest BCUT2D eigenvalue weighted by molar-refractivity contribution is 0.628. The predicted octanol–water partition coefficient (Wildman–Crippen LogP) is 4.76. The Balaban J connectivity index is 2.57. The fraction of sp³-hybridized carbons (Fsp3) is 0.143. The highest BCUT2D eigenvalue weighted by Crippen LogP contribution is 2.28. The molecule has 0 aliphatic heterocycles. The number of halogens is 2. The van der Waals surface area contributed by atoms with E-state index in [1.165, 1.54) is 12.1 Å². The summed E-state index contributed by atoms with van der Waals surface area (Å²) in [6.07, 6.45) is 0. The quantitative estimate of drug-likeness (QED) is 0.667. The normalized spacial score (nSPS) is 10.5. The van der Waals surface area contributed by atoms with Crippen molar-refractivity contribution in [1.29, 1.82) is 0 Å². The van der Waals surface area contributed by atoms with Gasteiger partial charge >= 0.3 is 0 Å². The van der Waals surface area contributed by atoms with Crippen LogP contribution in [0.2, 0.25) is 5.02 Å². The van der Waals surface area contributed by atoms with E-state index in [-0.39, 0.29) is 5.82 Å². The van der Waals surface area contributed by atoms with E-state index < -0.39 is 0 Å². The molecule has 0 N–H and O–H groups in total. The van der Waals surface area contributed by atoms with Gasteiger partial charge in [-0.15, -0.1) is 0 Å². The van der Waals surface area contributed by atoms with Gasteiger partial charge in [-0.25, -0.2) is 4.39 Å². The lowest BCUT2D eigenvalue weighted by Crippen LogP contribution is -1.86. The van der Waals surface area contributed by atoms with E-state index in [4.69, 9.17) is 11.6 Å². The van der Waals surface area contributed by atoms with Crippen LogP contribution in [0.1, 0.15) is 11.1 Å². The van der Waals surface area contributed by atoms with Gasteiger partial charge in [0, 0.05) is 5.02 Å². The molecule has 0 aromatic heterocycles. The zero-order valence-corrected chi connectivity index (χ0v) is 9.98. The van der Waals surface area contributed by atoms with E-state index in [2.05, 4.69) is 0 Å². The highest BCUT2D eigenvalue weighted by Gasteiger charge is 2.05. The van der Waals surface area contributed by atoms with Gasteiger partial charge in [-0.1, -0.05) is 23.7 Å². The lowest BCUT2D eigenvalue weighted by atomic mass is 10.0. The zero-order valence-electron chi connectivity index (χ0n) is 9.22. The fourth-order valence-electron chi connectivity index (χ4n) is 1.78. The van der Waals surface area contributed by atoms with Crippen molar-refractivity contribution in [3.8, 4) is 11.1 Å². The Morgan fingerprint density at radius 1 is 0.938 bits per heavy atom. The minimum Gasteiger partial charge on any atom is -0.207 e. The van der Waals surface area contributed by atoms with Crippen molar-refractivity contribution in [2.45, 2.75) is 13.8 Å². The predicted molar refractivity (Wildman–Crippen MR) is 66.3 cm³/mol. The number of aryl methyl sites for hydroxylation is 2. The Labute approximate surface area is 99.7 Å². The third-order valence-electron chi connectivity index (χ3n) is 2.59. The van der Waals surface area contributed by atoms with Crippen molar-refractivity contribution >= 4 is 11.6 Å². The lowest BCUT2D eigenvalue weighted by Gasteiger charge is -2.08. The number of rotatable bonds is 1. The Bertz CT molecular complexity index is 509. The first-order valence-corrected chi connectivity index (χ1v) is 5.48. The zero-order chi connectivity index (χ0) is 11.7. The molecule has 0 unspecified atom stereocenters. The monoisotopic (exact) mass is 234 g/mol. The van der Waals surface area contributed by atoms with Crippen molar-refractivity contribution in [2.75, 3.05) is 0 Å². The molecule has 0 heterocycles.